The largest absolute Gasteiger partial charge is 0.489 e. The maximum absolute atomic E-state index is 13.2. The Morgan fingerprint density at radius 2 is 2.00 bits per heavy atom. The highest BCUT2D eigenvalue weighted by Gasteiger charge is 2.36. The monoisotopic (exact) mass is 503 g/mol. The predicted molar refractivity (Wildman–Crippen MR) is 116 cm³/mol. The molecule has 1 fully saturated rings. The fourth-order valence-corrected chi connectivity index (χ4v) is 3.75. The van der Waals surface area contributed by atoms with E-state index in [1.807, 2.05) is 0 Å². The van der Waals surface area contributed by atoms with Crippen LogP contribution in [0, 0.1) is 0 Å². The van der Waals surface area contributed by atoms with Gasteiger partial charge in [0.1, 0.15) is 18.1 Å². The smallest absolute Gasteiger partial charge is 0.433 e. The summed E-state index contributed by atoms with van der Waals surface area (Å²) in [5.41, 5.74) is 4.99. The zero-order chi connectivity index (χ0) is 25.8. The molecule has 1 unspecified atom stereocenters. The number of nitrogen functional groups attached to an aromatic ring is 1. The van der Waals surface area contributed by atoms with Crippen molar-refractivity contribution in [3.05, 3.63) is 53.3 Å². The molecule has 1 saturated heterocycles. The van der Waals surface area contributed by atoms with Crippen molar-refractivity contribution < 1.29 is 35.9 Å². The highest BCUT2D eigenvalue weighted by molar-refractivity contribution is 6.46. The van der Waals surface area contributed by atoms with Crippen LogP contribution in [0.2, 0.25) is 0 Å². The lowest BCUT2D eigenvalue weighted by Gasteiger charge is -2.19. The first-order valence-electron chi connectivity index (χ1n) is 10.5. The van der Waals surface area contributed by atoms with Gasteiger partial charge in [-0.15, -0.1) is 0 Å². The molecule has 1 aliphatic rings. The topological polar surface area (TPSA) is 92.8 Å². The van der Waals surface area contributed by atoms with Crippen LogP contribution in [-0.2, 0) is 17.6 Å². The number of alkyl halides is 6. The van der Waals surface area contributed by atoms with Crippen LogP contribution in [0.5, 0.6) is 5.75 Å². The molecule has 7 nitrogen and oxygen atoms in total. The maximum Gasteiger partial charge on any atom is 0.433 e. The van der Waals surface area contributed by atoms with Gasteiger partial charge < -0.3 is 15.8 Å². The molecule has 0 spiro atoms. The minimum absolute atomic E-state index is 0.0352. The third kappa shape index (κ3) is 7.07. The number of nitrogens with one attached hydrogen (secondary N) is 1. The number of aliphatic imine (C=N–C) groups is 1. The molecule has 13 heteroatoms. The predicted octanol–water partition coefficient (Wildman–Crippen LogP) is 3.43. The molecule has 35 heavy (non-hydrogen) atoms. The number of aromatic nitrogens is 1. The van der Waals surface area contributed by atoms with Gasteiger partial charge >= 0.3 is 12.4 Å². The van der Waals surface area contributed by atoms with Crippen LogP contribution in [0.1, 0.15) is 23.2 Å². The molecule has 1 amide bonds. The number of nitrogens with zero attached hydrogens (tertiary/aromatic N) is 3. The lowest BCUT2D eigenvalue weighted by molar-refractivity contribution is -0.144. The summed E-state index contributed by atoms with van der Waals surface area (Å²) in [5, 5.41) is 2.66. The molecule has 190 valence electrons. The first-order chi connectivity index (χ1) is 16.4. The summed E-state index contributed by atoms with van der Waals surface area (Å²) >= 11 is 0. The Labute approximate surface area is 197 Å². The van der Waals surface area contributed by atoms with Gasteiger partial charge in [-0.05, 0) is 30.7 Å². The van der Waals surface area contributed by atoms with Crippen LogP contribution in [0.3, 0.4) is 0 Å². The third-order valence-corrected chi connectivity index (χ3v) is 5.28. The van der Waals surface area contributed by atoms with Crippen molar-refractivity contribution in [3.63, 3.8) is 0 Å². The van der Waals surface area contributed by atoms with Crippen LogP contribution in [-0.4, -0.2) is 60.4 Å². The Bertz CT molecular complexity index is 1090. The SMILES string of the molecule is CN=C(C(=O)NC1CCN(CC(F)(F)F)C1)c1cc(OCc2cccnc2C(F)(F)F)ccc1N. The quantitative estimate of drug-likeness (QED) is 0.343. The molecule has 0 aliphatic carbocycles. The second-order valence-corrected chi connectivity index (χ2v) is 7.93. The van der Waals surface area contributed by atoms with Gasteiger partial charge in [-0.25, -0.2) is 0 Å². The number of hydrogen-bond donors (Lipinski definition) is 2. The number of halogens is 6. The molecular weight excluding hydrogens is 480 g/mol. The van der Waals surface area contributed by atoms with Gasteiger partial charge in [0.25, 0.3) is 5.91 Å². The van der Waals surface area contributed by atoms with Gasteiger partial charge in [-0.2, -0.15) is 26.3 Å². The second-order valence-electron chi connectivity index (χ2n) is 7.93. The molecule has 1 aromatic heterocycles. The summed E-state index contributed by atoms with van der Waals surface area (Å²) in [6.07, 6.45) is -7.62. The number of pyridine rings is 1. The Kier molecular flexibility index (Phi) is 7.88. The van der Waals surface area contributed by atoms with Crippen LogP contribution >= 0.6 is 0 Å². The van der Waals surface area contributed by atoms with Gasteiger partial charge in [0.05, 0.1) is 6.54 Å². The number of rotatable bonds is 7. The van der Waals surface area contributed by atoms with Gasteiger partial charge in [-0.3, -0.25) is 19.7 Å². The molecule has 0 radical (unpaired) electrons. The van der Waals surface area contributed by atoms with Crippen molar-refractivity contribution in [1.29, 1.82) is 0 Å². The number of carbonyl (C=O) groups excluding carboxylic acids is 1. The zero-order valence-corrected chi connectivity index (χ0v) is 18.6. The number of ether oxygens (including phenoxy) is 1. The average molecular weight is 503 g/mol. The van der Waals surface area contributed by atoms with Crippen LogP contribution in [0.25, 0.3) is 0 Å². The highest BCUT2D eigenvalue weighted by atomic mass is 19.4. The highest BCUT2D eigenvalue weighted by Crippen LogP contribution is 2.31. The van der Waals surface area contributed by atoms with Crippen molar-refractivity contribution in [1.82, 2.24) is 15.2 Å². The van der Waals surface area contributed by atoms with Crippen LogP contribution < -0.4 is 15.8 Å². The lowest BCUT2D eigenvalue weighted by Crippen LogP contribution is -2.42. The van der Waals surface area contributed by atoms with Crippen molar-refractivity contribution in [3.8, 4) is 5.75 Å². The number of carbonyl (C=O) groups is 1. The van der Waals surface area contributed by atoms with E-state index in [4.69, 9.17) is 10.5 Å². The van der Waals surface area contributed by atoms with Crippen LogP contribution in [0.15, 0.2) is 41.5 Å². The van der Waals surface area contributed by atoms with Gasteiger partial charge in [0.2, 0.25) is 0 Å². The molecule has 3 rings (SSSR count). The van der Waals surface area contributed by atoms with Gasteiger partial charge in [-0.1, -0.05) is 6.07 Å². The van der Waals surface area contributed by atoms with E-state index >= 15 is 0 Å². The minimum atomic E-state index is -4.65. The molecular formula is C22H23F6N5O2. The summed E-state index contributed by atoms with van der Waals surface area (Å²) < 4.78 is 82.8. The standard InChI is InChI=1S/C22H23F6N5O2/c1-30-18(20(34)32-14-6-8-33(10-14)12-21(23,24)25)16-9-15(4-5-17(16)29)35-11-13-3-2-7-31-19(13)22(26,27)28/h2-5,7,9,14H,6,8,10-12,29H2,1H3,(H,32,34). The molecule has 2 aromatic rings. The Hall–Kier alpha value is -3.35. The third-order valence-electron chi connectivity index (χ3n) is 5.28. The van der Waals surface area contributed by atoms with Crippen molar-refractivity contribution in [2.75, 3.05) is 32.4 Å². The molecule has 3 N–H and O–H groups in total. The summed E-state index contributed by atoms with van der Waals surface area (Å²) in [5.74, 6) is -0.501. The molecule has 1 atom stereocenters. The number of benzene rings is 1. The summed E-state index contributed by atoms with van der Waals surface area (Å²) in [6, 6.07) is 6.30. The summed E-state index contributed by atoms with van der Waals surface area (Å²) in [6.45, 7) is -1.28. The molecule has 1 aliphatic heterocycles. The normalized spacial score (nSPS) is 17.5. The second kappa shape index (κ2) is 10.5. The van der Waals surface area contributed by atoms with Crippen molar-refractivity contribution >= 4 is 17.3 Å². The Morgan fingerprint density at radius 1 is 1.26 bits per heavy atom. The molecule has 0 saturated carbocycles. The number of amides is 1. The number of hydrogen-bond acceptors (Lipinski definition) is 6. The van der Waals surface area contributed by atoms with Crippen molar-refractivity contribution in [2.45, 2.75) is 31.4 Å². The van der Waals surface area contributed by atoms with E-state index in [1.54, 1.807) is 0 Å². The van der Waals surface area contributed by atoms with E-state index < -0.39 is 43.1 Å². The number of nitrogens with two attached hydrogens (primary N) is 1. The number of anilines is 1. The van der Waals surface area contributed by atoms with E-state index in [9.17, 15) is 31.1 Å². The van der Waals surface area contributed by atoms with Gasteiger partial charge in [0, 0.05) is 49.2 Å². The maximum atomic E-state index is 13.2. The van der Waals surface area contributed by atoms with E-state index in [-0.39, 0.29) is 41.4 Å². The average Bonchev–Trinajstić information content (AvgIpc) is 3.19. The lowest BCUT2D eigenvalue weighted by atomic mass is 10.1. The molecule has 0 bridgehead atoms. The Balaban J connectivity index is 1.70. The summed E-state index contributed by atoms with van der Waals surface area (Å²) in [7, 11) is 1.34. The number of likely N-dealkylation sites (tertiary alicyclic amines) is 1. The Morgan fingerprint density at radius 3 is 2.66 bits per heavy atom. The fraction of sp³-hybridized carbons (Fsp3) is 0.409. The molecule has 1 aromatic carbocycles. The van der Waals surface area contributed by atoms with E-state index in [0.717, 1.165) is 6.20 Å². The van der Waals surface area contributed by atoms with Crippen LogP contribution in [0.4, 0.5) is 32.0 Å². The van der Waals surface area contributed by atoms with E-state index in [2.05, 4.69) is 15.3 Å². The van der Waals surface area contributed by atoms with E-state index in [1.165, 1.54) is 42.3 Å². The molecule has 2 heterocycles. The fourth-order valence-electron chi connectivity index (χ4n) is 3.75. The first kappa shape index (κ1) is 26.3. The van der Waals surface area contributed by atoms with Gasteiger partial charge in [0.15, 0.2) is 5.69 Å². The van der Waals surface area contributed by atoms with E-state index in [0.29, 0.717) is 6.42 Å². The minimum Gasteiger partial charge on any atom is -0.489 e. The summed E-state index contributed by atoms with van der Waals surface area (Å²) in [4.78, 5) is 21.3. The first-order valence-corrected chi connectivity index (χ1v) is 10.5. The zero-order valence-electron chi connectivity index (χ0n) is 18.6. The van der Waals surface area contributed by atoms with Crippen molar-refractivity contribution in [2.24, 2.45) is 4.99 Å².